The largest absolute Gasteiger partial charge is 0.325 e. The fourth-order valence-corrected chi connectivity index (χ4v) is 1.29. The first-order valence-electron chi connectivity index (χ1n) is 3.36. The zero-order valence-electron chi connectivity index (χ0n) is 5.82. The van der Waals surface area contributed by atoms with Gasteiger partial charge in [-0.25, -0.2) is 0 Å². The van der Waals surface area contributed by atoms with E-state index in [1.807, 2.05) is 0 Å². The molecule has 1 saturated heterocycles. The standard InChI is InChI=1S/C6H12N2.2ClH/c7-5-3-8(4-5)6-1-2-6;;/h5-6H,1-4,7H2;2*1H. The van der Waals surface area contributed by atoms with Crippen molar-refractivity contribution in [2.24, 2.45) is 5.73 Å². The van der Waals surface area contributed by atoms with Crippen molar-refractivity contribution in [3.8, 4) is 0 Å². The van der Waals surface area contributed by atoms with Crippen LogP contribution in [0.25, 0.3) is 0 Å². The Morgan fingerprint density at radius 3 is 1.90 bits per heavy atom. The van der Waals surface area contributed by atoms with Crippen LogP contribution in [0.5, 0.6) is 0 Å². The van der Waals surface area contributed by atoms with Crippen molar-refractivity contribution in [2.75, 3.05) is 13.1 Å². The molecule has 2 rings (SSSR count). The maximum atomic E-state index is 5.59. The molecule has 10 heavy (non-hydrogen) atoms. The lowest BCUT2D eigenvalue weighted by atomic mass is 10.1. The maximum Gasteiger partial charge on any atom is 0.0297 e. The van der Waals surface area contributed by atoms with Gasteiger partial charge in [-0.15, -0.1) is 24.8 Å². The van der Waals surface area contributed by atoms with E-state index in [9.17, 15) is 0 Å². The average molecular weight is 185 g/mol. The molecule has 1 aliphatic heterocycles. The van der Waals surface area contributed by atoms with Crippen LogP contribution in [0.4, 0.5) is 0 Å². The first kappa shape index (κ1) is 10.5. The van der Waals surface area contributed by atoms with Gasteiger partial charge < -0.3 is 5.73 Å². The van der Waals surface area contributed by atoms with Gasteiger partial charge in [-0.3, -0.25) is 4.90 Å². The Labute approximate surface area is 74.0 Å². The van der Waals surface area contributed by atoms with Crippen LogP contribution in [-0.2, 0) is 0 Å². The number of nitrogens with zero attached hydrogens (tertiary/aromatic N) is 1. The van der Waals surface area contributed by atoms with E-state index in [0.717, 1.165) is 19.1 Å². The van der Waals surface area contributed by atoms with Crippen LogP contribution in [0, 0.1) is 0 Å². The summed E-state index contributed by atoms with van der Waals surface area (Å²) in [6.07, 6.45) is 2.85. The van der Waals surface area contributed by atoms with Gasteiger partial charge in [-0.2, -0.15) is 0 Å². The summed E-state index contributed by atoms with van der Waals surface area (Å²) in [5.74, 6) is 0. The molecule has 0 unspecified atom stereocenters. The van der Waals surface area contributed by atoms with Crippen LogP contribution < -0.4 is 5.73 Å². The molecule has 0 spiro atoms. The van der Waals surface area contributed by atoms with E-state index in [-0.39, 0.29) is 24.8 Å². The predicted molar refractivity (Wildman–Crippen MR) is 47.1 cm³/mol. The summed E-state index contributed by atoms with van der Waals surface area (Å²) in [4.78, 5) is 2.48. The number of hydrogen-bond acceptors (Lipinski definition) is 2. The van der Waals surface area contributed by atoms with Crippen LogP contribution >= 0.6 is 24.8 Å². The number of likely N-dealkylation sites (tertiary alicyclic amines) is 1. The summed E-state index contributed by atoms with van der Waals surface area (Å²) in [5.41, 5.74) is 5.59. The minimum atomic E-state index is 0. The van der Waals surface area contributed by atoms with Crippen LogP contribution in [-0.4, -0.2) is 30.1 Å². The first-order valence-corrected chi connectivity index (χ1v) is 3.36. The van der Waals surface area contributed by atoms with Crippen molar-refractivity contribution in [2.45, 2.75) is 24.9 Å². The molecular formula is C6H14Cl2N2. The summed E-state index contributed by atoms with van der Waals surface area (Å²) < 4.78 is 0. The van der Waals surface area contributed by atoms with Crippen molar-refractivity contribution in [1.82, 2.24) is 4.90 Å². The van der Waals surface area contributed by atoms with Gasteiger partial charge in [0.25, 0.3) is 0 Å². The van der Waals surface area contributed by atoms with Crippen molar-refractivity contribution in [1.29, 1.82) is 0 Å². The molecule has 2 fully saturated rings. The van der Waals surface area contributed by atoms with Gasteiger partial charge >= 0.3 is 0 Å². The Balaban J connectivity index is 0.000000405. The molecule has 62 valence electrons. The minimum absolute atomic E-state index is 0. The Morgan fingerprint density at radius 2 is 1.60 bits per heavy atom. The van der Waals surface area contributed by atoms with Gasteiger partial charge in [-0.1, -0.05) is 0 Å². The van der Waals surface area contributed by atoms with E-state index < -0.39 is 0 Å². The van der Waals surface area contributed by atoms with Gasteiger partial charge in [0.05, 0.1) is 0 Å². The monoisotopic (exact) mass is 184 g/mol. The summed E-state index contributed by atoms with van der Waals surface area (Å²) >= 11 is 0. The number of rotatable bonds is 1. The molecule has 0 aromatic heterocycles. The Morgan fingerprint density at radius 1 is 1.10 bits per heavy atom. The zero-order valence-corrected chi connectivity index (χ0v) is 7.46. The molecule has 4 heteroatoms. The fourth-order valence-electron chi connectivity index (χ4n) is 1.29. The molecule has 1 aliphatic carbocycles. The maximum absolute atomic E-state index is 5.59. The molecule has 0 aromatic rings. The zero-order chi connectivity index (χ0) is 5.56. The Hall–Kier alpha value is 0.500. The van der Waals surface area contributed by atoms with Crippen molar-refractivity contribution < 1.29 is 0 Å². The first-order chi connectivity index (χ1) is 3.86. The number of halogens is 2. The molecule has 1 saturated carbocycles. The SMILES string of the molecule is Cl.Cl.NC1CN(C2CC2)C1. The van der Waals surface area contributed by atoms with E-state index in [1.54, 1.807) is 0 Å². The third-order valence-corrected chi connectivity index (χ3v) is 2.00. The van der Waals surface area contributed by atoms with Crippen LogP contribution in [0.15, 0.2) is 0 Å². The average Bonchev–Trinajstić information content (AvgIpc) is 2.37. The van der Waals surface area contributed by atoms with E-state index in [2.05, 4.69) is 4.90 Å². The Bertz CT molecular complexity index is 99.9. The van der Waals surface area contributed by atoms with Gasteiger partial charge in [-0.05, 0) is 12.8 Å². The van der Waals surface area contributed by atoms with Gasteiger partial charge in [0.15, 0.2) is 0 Å². The normalized spacial score (nSPS) is 26.1. The molecule has 0 atom stereocenters. The molecule has 0 aromatic carbocycles. The topological polar surface area (TPSA) is 29.3 Å². The second-order valence-corrected chi connectivity index (χ2v) is 2.95. The predicted octanol–water partition coefficient (Wildman–Crippen LogP) is 0.635. The molecule has 2 aliphatic rings. The van der Waals surface area contributed by atoms with E-state index in [1.165, 1.54) is 12.8 Å². The molecular weight excluding hydrogens is 171 g/mol. The molecule has 0 amide bonds. The highest BCUT2D eigenvalue weighted by Gasteiger charge is 2.35. The number of hydrogen-bond donors (Lipinski definition) is 1. The van der Waals surface area contributed by atoms with Crippen molar-refractivity contribution >= 4 is 24.8 Å². The quantitative estimate of drug-likeness (QED) is 0.649. The lowest BCUT2D eigenvalue weighted by Gasteiger charge is -2.36. The molecule has 2 nitrogen and oxygen atoms in total. The van der Waals surface area contributed by atoms with Gasteiger partial charge in [0, 0.05) is 25.2 Å². The molecule has 0 radical (unpaired) electrons. The highest BCUT2D eigenvalue weighted by Crippen LogP contribution is 2.29. The smallest absolute Gasteiger partial charge is 0.0297 e. The van der Waals surface area contributed by atoms with Crippen molar-refractivity contribution in [3.05, 3.63) is 0 Å². The second-order valence-electron chi connectivity index (χ2n) is 2.95. The Kier molecular flexibility index (Phi) is 3.95. The molecule has 1 heterocycles. The van der Waals surface area contributed by atoms with Crippen molar-refractivity contribution in [3.63, 3.8) is 0 Å². The van der Waals surface area contributed by atoms with E-state index in [4.69, 9.17) is 5.73 Å². The number of nitrogens with two attached hydrogens (primary N) is 1. The molecule has 0 bridgehead atoms. The van der Waals surface area contributed by atoms with E-state index >= 15 is 0 Å². The molecule has 2 N–H and O–H groups in total. The van der Waals surface area contributed by atoms with Gasteiger partial charge in [0.2, 0.25) is 0 Å². The van der Waals surface area contributed by atoms with E-state index in [0.29, 0.717) is 6.04 Å². The summed E-state index contributed by atoms with van der Waals surface area (Å²) in [6, 6.07) is 1.44. The highest BCUT2D eigenvalue weighted by molar-refractivity contribution is 5.85. The highest BCUT2D eigenvalue weighted by atomic mass is 35.5. The minimum Gasteiger partial charge on any atom is -0.325 e. The second kappa shape index (κ2) is 3.77. The summed E-state index contributed by atoms with van der Waals surface area (Å²) in [5, 5.41) is 0. The van der Waals surface area contributed by atoms with Gasteiger partial charge in [0.1, 0.15) is 0 Å². The summed E-state index contributed by atoms with van der Waals surface area (Å²) in [6.45, 7) is 2.31. The third kappa shape index (κ3) is 1.99. The lowest BCUT2D eigenvalue weighted by Crippen LogP contribution is -2.56. The lowest BCUT2D eigenvalue weighted by molar-refractivity contribution is 0.141. The van der Waals surface area contributed by atoms with Crippen LogP contribution in [0.1, 0.15) is 12.8 Å². The van der Waals surface area contributed by atoms with Crippen LogP contribution in [0.2, 0.25) is 0 Å². The third-order valence-electron chi connectivity index (χ3n) is 2.00. The van der Waals surface area contributed by atoms with Crippen LogP contribution in [0.3, 0.4) is 0 Å². The summed E-state index contributed by atoms with van der Waals surface area (Å²) in [7, 11) is 0. The fraction of sp³-hybridized carbons (Fsp3) is 1.00.